The van der Waals surface area contributed by atoms with Crippen LogP contribution in [0.15, 0.2) is 29.1 Å². The second kappa shape index (κ2) is 7.83. The van der Waals surface area contributed by atoms with Crippen molar-refractivity contribution in [3.8, 4) is 0 Å². The van der Waals surface area contributed by atoms with Crippen LogP contribution < -0.4 is 16.2 Å². The number of hydrogen-bond acceptors (Lipinski definition) is 6. The van der Waals surface area contributed by atoms with Crippen molar-refractivity contribution in [2.24, 2.45) is 5.73 Å². The molecule has 0 spiro atoms. The number of nitrogens with one attached hydrogen (secondary N) is 1. The topological polar surface area (TPSA) is 108 Å². The Hall–Kier alpha value is -3.33. The lowest BCUT2D eigenvalue weighted by atomic mass is 10.1. The van der Waals surface area contributed by atoms with Crippen LogP contribution in [0.4, 0.5) is 10.1 Å². The van der Waals surface area contributed by atoms with Crippen molar-refractivity contribution >= 4 is 22.6 Å². The molecule has 1 aromatic carbocycles. The summed E-state index contributed by atoms with van der Waals surface area (Å²) in [5.74, 6) is -1.41. The SMILES string of the molecule is [2H]C([2H])(c1ccc2nc(C)c(=O)[nH]c2c1F)N1CCN(c2ccc(C(N)=O)nc2C)CC1. The fourth-order valence-electron chi connectivity index (χ4n) is 3.55. The number of aromatic amines is 1. The standard InChI is InChI=1S/C21H23FN6O2/c1-12-17(6-5-16(24-12)20(23)29)28-9-7-27(8-10-28)11-14-3-4-15-19(18(14)22)26-21(30)13(2)25-15/h3-6H,7-11H2,1-2H3,(H2,23,29)(H,26,30)/i11D2. The largest absolute Gasteiger partial charge is 0.368 e. The van der Waals surface area contributed by atoms with Gasteiger partial charge in [0.1, 0.15) is 16.9 Å². The van der Waals surface area contributed by atoms with Crippen molar-refractivity contribution in [3.05, 3.63) is 63.1 Å². The van der Waals surface area contributed by atoms with Gasteiger partial charge in [-0.1, -0.05) is 6.07 Å². The first-order valence-corrected chi connectivity index (χ1v) is 9.56. The van der Waals surface area contributed by atoms with E-state index in [0.29, 0.717) is 31.9 Å². The van der Waals surface area contributed by atoms with Gasteiger partial charge in [0.25, 0.3) is 11.5 Å². The summed E-state index contributed by atoms with van der Waals surface area (Å²) in [6.07, 6.45) is 0. The Morgan fingerprint density at radius 3 is 2.57 bits per heavy atom. The summed E-state index contributed by atoms with van der Waals surface area (Å²) < 4.78 is 32.4. The molecule has 0 radical (unpaired) electrons. The van der Waals surface area contributed by atoms with E-state index in [2.05, 4.69) is 15.0 Å². The molecule has 1 amide bonds. The molecule has 1 aliphatic rings. The van der Waals surface area contributed by atoms with Gasteiger partial charge in [0.05, 0.1) is 16.9 Å². The number of carbonyl (C=O) groups is 1. The van der Waals surface area contributed by atoms with Crippen LogP contribution in [0.3, 0.4) is 0 Å². The Labute approximate surface area is 175 Å². The van der Waals surface area contributed by atoms with E-state index >= 15 is 4.39 Å². The van der Waals surface area contributed by atoms with Crippen LogP contribution in [0.25, 0.3) is 11.0 Å². The van der Waals surface area contributed by atoms with Crippen LogP contribution in [0, 0.1) is 19.7 Å². The second-order valence-corrected chi connectivity index (χ2v) is 7.22. The highest BCUT2D eigenvalue weighted by Crippen LogP contribution is 2.23. The second-order valence-electron chi connectivity index (χ2n) is 7.22. The summed E-state index contributed by atoms with van der Waals surface area (Å²) in [7, 11) is 0. The van der Waals surface area contributed by atoms with E-state index in [1.807, 2.05) is 4.90 Å². The first-order chi connectivity index (χ1) is 15.1. The van der Waals surface area contributed by atoms with Crippen LogP contribution in [0.5, 0.6) is 0 Å². The number of H-pyrrole nitrogens is 1. The minimum Gasteiger partial charge on any atom is -0.368 e. The third-order valence-corrected chi connectivity index (χ3v) is 5.18. The summed E-state index contributed by atoms with van der Waals surface area (Å²) in [6.45, 7) is 2.88. The lowest BCUT2D eigenvalue weighted by Crippen LogP contribution is -2.46. The zero-order valence-electron chi connectivity index (χ0n) is 18.7. The average Bonchev–Trinajstić information content (AvgIpc) is 2.75. The van der Waals surface area contributed by atoms with Gasteiger partial charge < -0.3 is 15.6 Å². The van der Waals surface area contributed by atoms with Crippen LogP contribution in [0.1, 0.15) is 30.2 Å². The van der Waals surface area contributed by atoms with Crippen LogP contribution in [-0.2, 0) is 6.50 Å². The average molecular weight is 412 g/mol. The van der Waals surface area contributed by atoms with E-state index in [-0.39, 0.29) is 28.0 Å². The van der Waals surface area contributed by atoms with Crippen molar-refractivity contribution in [2.45, 2.75) is 20.3 Å². The summed E-state index contributed by atoms with van der Waals surface area (Å²) in [4.78, 5) is 37.6. The van der Waals surface area contributed by atoms with Crippen molar-refractivity contribution in [3.63, 3.8) is 0 Å². The quantitative estimate of drug-likeness (QED) is 0.672. The number of nitrogens with zero attached hydrogens (tertiary/aromatic N) is 4. The van der Waals surface area contributed by atoms with Gasteiger partial charge in [0, 0.05) is 41.0 Å². The maximum Gasteiger partial charge on any atom is 0.269 e. The molecule has 9 heteroatoms. The molecule has 3 N–H and O–H groups in total. The number of primary amides is 1. The Morgan fingerprint density at radius 2 is 1.90 bits per heavy atom. The number of nitrogens with two attached hydrogens (primary N) is 1. The van der Waals surface area contributed by atoms with Gasteiger partial charge in [-0.2, -0.15) is 0 Å². The molecule has 2 aromatic heterocycles. The van der Waals surface area contributed by atoms with Crippen LogP contribution >= 0.6 is 0 Å². The molecule has 8 nitrogen and oxygen atoms in total. The molecule has 0 unspecified atom stereocenters. The Kier molecular flexibility index (Phi) is 4.57. The van der Waals surface area contributed by atoms with E-state index in [1.54, 1.807) is 24.0 Å². The number of piperazine rings is 1. The fraction of sp³-hybridized carbons (Fsp3) is 0.333. The highest BCUT2D eigenvalue weighted by atomic mass is 19.1. The van der Waals surface area contributed by atoms with Gasteiger partial charge in [0.15, 0.2) is 5.82 Å². The first-order valence-electron chi connectivity index (χ1n) is 10.6. The van der Waals surface area contributed by atoms with Crippen molar-refractivity contribution in [2.75, 3.05) is 31.1 Å². The third kappa shape index (κ3) is 3.76. The van der Waals surface area contributed by atoms with Gasteiger partial charge in [-0.25, -0.2) is 14.4 Å². The Balaban J connectivity index is 1.57. The normalized spacial score (nSPS) is 16.4. The number of pyridine rings is 1. The lowest BCUT2D eigenvalue weighted by Gasteiger charge is -2.36. The molecule has 3 aromatic rings. The van der Waals surface area contributed by atoms with Gasteiger partial charge in [0.2, 0.25) is 0 Å². The van der Waals surface area contributed by atoms with E-state index in [0.717, 1.165) is 5.69 Å². The number of benzene rings is 1. The van der Waals surface area contributed by atoms with Crippen molar-refractivity contribution in [1.82, 2.24) is 19.9 Å². The predicted octanol–water partition coefficient (Wildman–Crippen LogP) is 1.50. The molecular formula is C21H23FN6O2. The van der Waals surface area contributed by atoms with Gasteiger partial charge in [-0.05, 0) is 32.0 Å². The smallest absolute Gasteiger partial charge is 0.269 e. The minimum absolute atomic E-state index is 0.100. The van der Waals surface area contributed by atoms with Crippen molar-refractivity contribution < 1.29 is 11.9 Å². The molecule has 30 heavy (non-hydrogen) atoms. The number of amides is 1. The number of anilines is 1. The monoisotopic (exact) mass is 412 g/mol. The maximum absolute atomic E-state index is 15.2. The molecule has 0 aliphatic carbocycles. The zero-order chi connectivity index (χ0) is 23.2. The van der Waals surface area contributed by atoms with E-state index in [1.165, 1.54) is 19.1 Å². The molecular weight excluding hydrogens is 387 g/mol. The highest BCUT2D eigenvalue weighted by Gasteiger charge is 2.21. The Morgan fingerprint density at radius 1 is 1.17 bits per heavy atom. The molecule has 156 valence electrons. The molecule has 4 rings (SSSR count). The minimum atomic E-state index is -2.09. The molecule has 1 aliphatic heterocycles. The first kappa shape index (κ1) is 17.5. The van der Waals surface area contributed by atoms with Gasteiger partial charge >= 0.3 is 0 Å². The van der Waals surface area contributed by atoms with Crippen molar-refractivity contribution in [1.29, 1.82) is 0 Å². The number of rotatable bonds is 4. The zero-order valence-corrected chi connectivity index (χ0v) is 16.7. The number of hydrogen-bond donors (Lipinski definition) is 2. The summed E-state index contributed by atoms with van der Waals surface area (Å²) in [6, 6.07) is 6.24. The van der Waals surface area contributed by atoms with E-state index in [4.69, 9.17) is 8.48 Å². The van der Waals surface area contributed by atoms with Gasteiger partial charge in [-0.3, -0.25) is 14.5 Å². The van der Waals surface area contributed by atoms with E-state index in [9.17, 15) is 9.59 Å². The number of halogens is 1. The van der Waals surface area contributed by atoms with Crippen LogP contribution in [0.2, 0.25) is 0 Å². The Bertz CT molecular complexity index is 1270. The molecule has 0 saturated carbocycles. The molecule has 1 saturated heterocycles. The maximum atomic E-state index is 15.2. The highest BCUT2D eigenvalue weighted by molar-refractivity contribution is 5.91. The van der Waals surface area contributed by atoms with Gasteiger partial charge in [-0.15, -0.1) is 0 Å². The number of aromatic nitrogens is 3. The fourth-order valence-corrected chi connectivity index (χ4v) is 3.55. The summed E-state index contributed by atoms with van der Waals surface area (Å²) in [5.41, 5.74) is 6.70. The number of fused-ring (bicyclic) bond motifs is 1. The molecule has 1 fully saturated rings. The van der Waals surface area contributed by atoms with E-state index < -0.39 is 23.8 Å². The molecule has 3 heterocycles. The number of carbonyl (C=O) groups excluding carboxylic acids is 1. The summed E-state index contributed by atoms with van der Waals surface area (Å²) >= 11 is 0. The summed E-state index contributed by atoms with van der Waals surface area (Å²) in [5, 5.41) is 0. The third-order valence-electron chi connectivity index (χ3n) is 5.18. The molecule has 0 atom stereocenters. The number of aryl methyl sites for hydroxylation is 2. The van der Waals surface area contributed by atoms with Crippen LogP contribution in [-0.4, -0.2) is 51.9 Å². The molecule has 0 bridgehead atoms. The predicted molar refractivity (Wildman–Crippen MR) is 112 cm³/mol. The lowest BCUT2D eigenvalue weighted by molar-refractivity contribution is 0.0995.